The van der Waals surface area contributed by atoms with Gasteiger partial charge in [-0.2, -0.15) is 0 Å². The highest BCUT2D eigenvalue weighted by atomic mass is 32.1. The van der Waals surface area contributed by atoms with Crippen LogP contribution < -0.4 is 0 Å². The summed E-state index contributed by atoms with van der Waals surface area (Å²) in [6.45, 7) is 0. The van der Waals surface area contributed by atoms with Gasteiger partial charge in [-0.3, -0.25) is 0 Å². The maximum atomic E-state index is 2.38. The predicted molar refractivity (Wildman–Crippen MR) is 176 cm³/mol. The van der Waals surface area contributed by atoms with Crippen molar-refractivity contribution in [1.29, 1.82) is 0 Å². The number of rotatable bonds is 4. The van der Waals surface area contributed by atoms with Crippen molar-refractivity contribution in [2.24, 2.45) is 0 Å². The third-order valence-electron chi connectivity index (χ3n) is 7.75. The van der Waals surface area contributed by atoms with Gasteiger partial charge in [0.05, 0.1) is 0 Å². The molecule has 8 aromatic rings. The van der Waals surface area contributed by atoms with Crippen LogP contribution in [-0.4, -0.2) is 0 Å². The van der Waals surface area contributed by atoms with Crippen LogP contribution >= 0.6 is 22.7 Å². The second-order valence-electron chi connectivity index (χ2n) is 10.2. The summed E-state index contributed by atoms with van der Waals surface area (Å²) < 4.78 is 2.67. The van der Waals surface area contributed by atoms with Crippen LogP contribution in [0.1, 0.15) is 0 Å². The highest BCUT2D eigenvalue weighted by Gasteiger charge is 2.12. The van der Waals surface area contributed by atoms with E-state index in [1.54, 1.807) is 0 Å². The SMILES string of the molecule is c1ccc(-c2ccc(-c3cc4c(ccc5c6cc(-c7ccc(-c8ccccc8)cc7)sc6ccc45)s3)cc2)cc1. The van der Waals surface area contributed by atoms with Crippen molar-refractivity contribution < 1.29 is 0 Å². The Morgan fingerprint density at radius 2 is 0.625 bits per heavy atom. The molecule has 0 aliphatic heterocycles. The van der Waals surface area contributed by atoms with Gasteiger partial charge >= 0.3 is 0 Å². The topological polar surface area (TPSA) is 0 Å². The van der Waals surface area contributed by atoms with Crippen LogP contribution in [0.25, 0.3) is 74.1 Å². The molecule has 8 rings (SSSR count). The molecule has 6 aromatic carbocycles. The van der Waals surface area contributed by atoms with Gasteiger partial charge in [-0.1, -0.05) is 121 Å². The Morgan fingerprint density at radius 1 is 0.275 bits per heavy atom. The van der Waals surface area contributed by atoms with Crippen LogP contribution in [0, 0.1) is 0 Å². The smallest absolute Gasteiger partial charge is 0.0355 e. The molecule has 0 amide bonds. The molecule has 0 atom stereocenters. The Balaban J connectivity index is 1.16. The van der Waals surface area contributed by atoms with Crippen LogP contribution in [0.4, 0.5) is 0 Å². The van der Waals surface area contributed by atoms with Crippen molar-refractivity contribution in [3.63, 3.8) is 0 Å². The summed E-state index contributed by atoms with van der Waals surface area (Å²) in [6.07, 6.45) is 0. The molecule has 0 saturated heterocycles. The van der Waals surface area contributed by atoms with Gasteiger partial charge in [-0.05, 0) is 68.4 Å². The normalized spacial score (nSPS) is 11.5. The van der Waals surface area contributed by atoms with E-state index in [2.05, 4.69) is 146 Å². The average molecular weight is 545 g/mol. The lowest BCUT2D eigenvalue weighted by Crippen LogP contribution is -1.78. The van der Waals surface area contributed by atoms with Gasteiger partial charge in [0.1, 0.15) is 0 Å². The van der Waals surface area contributed by atoms with E-state index in [1.165, 1.54) is 74.1 Å². The first-order valence-corrected chi connectivity index (χ1v) is 15.1. The Labute approximate surface area is 241 Å². The zero-order chi connectivity index (χ0) is 26.5. The van der Waals surface area contributed by atoms with Crippen LogP contribution in [0.3, 0.4) is 0 Å². The van der Waals surface area contributed by atoms with Crippen molar-refractivity contribution >= 4 is 53.6 Å². The van der Waals surface area contributed by atoms with Crippen molar-refractivity contribution in [3.8, 4) is 43.1 Å². The molecule has 0 radical (unpaired) electrons. The van der Waals surface area contributed by atoms with Crippen LogP contribution in [0.2, 0.25) is 0 Å². The summed E-state index contributed by atoms with van der Waals surface area (Å²) in [7, 11) is 0. The van der Waals surface area contributed by atoms with Gasteiger partial charge in [0.15, 0.2) is 0 Å². The summed E-state index contributed by atoms with van der Waals surface area (Å²) in [6, 6.07) is 53.1. The fourth-order valence-electron chi connectivity index (χ4n) is 5.65. The molecule has 0 N–H and O–H groups in total. The molecule has 0 spiro atoms. The van der Waals surface area contributed by atoms with Crippen molar-refractivity contribution in [2.75, 3.05) is 0 Å². The summed E-state index contributed by atoms with van der Waals surface area (Å²) >= 11 is 3.75. The lowest BCUT2D eigenvalue weighted by Gasteiger charge is -2.03. The largest absolute Gasteiger partial charge is 0.135 e. The van der Waals surface area contributed by atoms with E-state index in [1.807, 2.05) is 22.7 Å². The molecule has 188 valence electrons. The zero-order valence-corrected chi connectivity index (χ0v) is 23.3. The second kappa shape index (κ2) is 9.60. The fourth-order valence-corrected chi connectivity index (χ4v) is 7.81. The molecule has 0 aliphatic rings. The number of benzene rings is 6. The van der Waals surface area contributed by atoms with Crippen LogP contribution in [-0.2, 0) is 0 Å². The first kappa shape index (κ1) is 23.4. The third-order valence-corrected chi connectivity index (χ3v) is 10.0. The minimum absolute atomic E-state index is 1.25. The highest BCUT2D eigenvalue weighted by molar-refractivity contribution is 7.23. The molecule has 2 heterocycles. The van der Waals surface area contributed by atoms with Gasteiger partial charge in [-0.25, -0.2) is 0 Å². The average Bonchev–Trinajstić information content (AvgIpc) is 3.67. The van der Waals surface area contributed by atoms with Gasteiger partial charge in [0.25, 0.3) is 0 Å². The molecular weight excluding hydrogens is 521 g/mol. The second-order valence-corrected chi connectivity index (χ2v) is 12.3. The molecule has 0 saturated carbocycles. The Morgan fingerprint density at radius 3 is 1.02 bits per heavy atom. The maximum Gasteiger partial charge on any atom is 0.0355 e. The minimum Gasteiger partial charge on any atom is -0.135 e. The zero-order valence-electron chi connectivity index (χ0n) is 21.7. The minimum atomic E-state index is 1.25. The van der Waals surface area contributed by atoms with Gasteiger partial charge in [0, 0.05) is 29.9 Å². The van der Waals surface area contributed by atoms with Crippen molar-refractivity contribution in [3.05, 3.63) is 146 Å². The van der Waals surface area contributed by atoms with Gasteiger partial charge < -0.3 is 0 Å². The number of fused-ring (bicyclic) bond motifs is 5. The quantitative estimate of drug-likeness (QED) is 0.207. The number of hydrogen-bond donors (Lipinski definition) is 0. The molecule has 0 bridgehead atoms. The molecule has 40 heavy (non-hydrogen) atoms. The molecule has 2 heteroatoms. The summed E-state index contributed by atoms with van der Waals surface area (Å²) in [4.78, 5) is 2.62. The van der Waals surface area contributed by atoms with E-state index in [4.69, 9.17) is 0 Å². The molecule has 0 fully saturated rings. The Hall–Kier alpha value is -4.50. The van der Waals surface area contributed by atoms with E-state index in [0.717, 1.165) is 0 Å². The lowest BCUT2D eigenvalue weighted by atomic mass is 10.0. The Kier molecular flexibility index (Phi) is 5.62. The maximum absolute atomic E-state index is 2.38. The summed E-state index contributed by atoms with van der Waals surface area (Å²) in [5, 5.41) is 5.34. The first-order chi connectivity index (χ1) is 19.8. The van der Waals surface area contributed by atoms with E-state index in [9.17, 15) is 0 Å². The van der Waals surface area contributed by atoms with Crippen LogP contribution in [0.15, 0.2) is 146 Å². The summed E-state index contributed by atoms with van der Waals surface area (Å²) in [5.74, 6) is 0. The summed E-state index contributed by atoms with van der Waals surface area (Å²) in [5.41, 5.74) is 7.55. The Bertz CT molecular complexity index is 1960. The third kappa shape index (κ3) is 4.05. The standard InChI is InChI=1S/C38H24S2/c1-3-7-25(8-4-1)27-11-15-29(16-12-27)37-23-33-31-20-22-36-34(32(31)19-21-35(33)39-37)24-38(40-36)30-17-13-28(14-18-30)26-9-5-2-6-10-26/h1-24H. The van der Waals surface area contributed by atoms with E-state index < -0.39 is 0 Å². The van der Waals surface area contributed by atoms with Gasteiger partial charge in [0.2, 0.25) is 0 Å². The van der Waals surface area contributed by atoms with Crippen LogP contribution in [0.5, 0.6) is 0 Å². The van der Waals surface area contributed by atoms with E-state index in [-0.39, 0.29) is 0 Å². The fraction of sp³-hybridized carbons (Fsp3) is 0. The molecule has 0 nitrogen and oxygen atoms in total. The molecular formula is C38H24S2. The molecule has 0 unspecified atom stereocenters. The van der Waals surface area contributed by atoms with E-state index in [0.29, 0.717) is 0 Å². The van der Waals surface area contributed by atoms with E-state index >= 15 is 0 Å². The molecule has 2 aromatic heterocycles. The van der Waals surface area contributed by atoms with Crippen molar-refractivity contribution in [1.82, 2.24) is 0 Å². The molecule has 0 aliphatic carbocycles. The monoisotopic (exact) mass is 544 g/mol. The van der Waals surface area contributed by atoms with Gasteiger partial charge in [-0.15, -0.1) is 22.7 Å². The highest BCUT2D eigenvalue weighted by Crippen LogP contribution is 2.42. The van der Waals surface area contributed by atoms with Crippen molar-refractivity contribution in [2.45, 2.75) is 0 Å². The predicted octanol–water partition coefficient (Wildman–Crippen LogP) is 11.9. The first-order valence-electron chi connectivity index (χ1n) is 13.5. The number of thiophene rings is 2. The number of hydrogen-bond acceptors (Lipinski definition) is 2. The lowest BCUT2D eigenvalue weighted by molar-refractivity contribution is 1.62.